The van der Waals surface area contributed by atoms with Crippen molar-refractivity contribution in [1.82, 2.24) is 0 Å². The van der Waals surface area contributed by atoms with E-state index in [9.17, 15) is 0 Å². The second-order valence-electron chi connectivity index (χ2n) is 0. The molecule has 11 radical (unpaired) electrons. The molecule has 0 saturated carbocycles. The van der Waals surface area contributed by atoms with Gasteiger partial charge in [-0.2, -0.15) is 0 Å². The van der Waals surface area contributed by atoms with Crippen molar-refractivity contribution in [1.29, 1.82) is 0 Å². The van der Waals surface area contributed by atoms with Crippen LogP contribution in [0.2, 0.25) is 0 Å². The van der Waals surface area contributed by atoms with Gasteiger partial charge in [-0.3, -0.25) is 0 Å². The molecule has 0 unspecified atom stereocenters. The first-order valence-corrected chi connectivity index (χ1v) is 0. The molecule has 0 amide bonds. The van der Waals surface area contributed by atoms with Crippen LogP contribution in [-0.4, -0.2) is 115 Å². The van der Waals surface area contributed by atoms with Crippen LogP contribution in [0.3, 0.4) is 0 Å². The molecule has 4 heavy (non-hydrogen) atoms. The fourth-order valence-electron chi connectivity index (χ4n) is 0. The minimum absolute atomic E-state index is 0. The number of hydrogen-bond donors (Lipinski definition) is 0. The summed E-state index contributed by atoms with van der Waals surface area (Å²) in [5, 5.41) is 0. The molecule has 0 aromatic carbocycles. The van der Waals surface area contributed by atoms with Gasteiger partial charge >= 0.3 is 37.7 Å². The van der Waals surface area contributed by atoms with Crippen molar-refractivity contribution >= 4 is 115 Å². The zero-order chi connectivity index (χ0) is 0. The van der Waals surface area contributed by atoms with E-state index in [0.717, 1.165) is 0 Å². The van der Waals surface area contributed by atoms with Gasteiger partial charge in [0.05, 0.1) is 0 Å². The molecule has 0 aliphatic rings. The van der Waals surface area contributed by atoms with Gasteiger partial charge < -0.3 is 2.85 Å². The minimum Gasteiger partial charge on any atom is -1.00 e. The predicted molar refractivity (Wildman–Crippen MR) is 25.2 cm³/mol. The van der Waals surface area contributed by atoms with Gasteiger partial charge in [-0.15, -0.1) is 0 Å². The summed E-state index contributed by atoms with van der Waals surface area (Å²) < 4.78 is 0. The summed E-state index contributed by atoms with van der Waals surface area (Å²) in [6, 6.07) is 0. The van der Waals surface area contributed by atoms with Gasteiger partial charge in [0.2, 0.25) is 0 Å². The van der Waals surface area contributed by atoms with E-state index >= 15 is 0 Å². The Morgan fingerprint density at radius 1 is 1.25 bits per heavy atom. The fourth-order valence-corrected chi connectivity index (χ4v) is 0. The molecule has 0 nitrogen and oxygen atoms in total. The largest absolute Gasteiger partial charge is 2.00 e. The molecule has 0 rings (SSSR count). The van der Waals surface area contributed by atoms with Crippen LogP contribution >= 0.6 is 0 Å². The van der Waals surface area contributed by atoms with Gasteiger partial charge in [-0.05, 0) is 0 Å². The maximum absolute atomic E-state index is 0. The smallest absolute Gasteiger partial charge is 1.00 e. The van der Waals surface area contributed by atoms with Crippen LogP contribution in [-0.2, 0) is 0 Å². The number of rotatable bonds is 0. The van der Waals surface area contributed by atoms with Crippen LogP contribution in [0, 0.1) is 0 Å². The Balaban J connectivity index is 0. The summed E-state index contributed by atoms with van der Waals surface area (Å²) in [5.41, 5.74) is 0. The SMILES string of the molecule is [Bi].[Ca+2].[H-].[H-].[Pb].[Sn]. The van der Waals surface area contributed by atoms with Crippen molar-refractivity contribution in [2.24, 2.45) is 0 Å². The van der Waals surface area contributed by atoms with E-state index in [2.05, 4.69) is 0 Å². The second-order valence-corrected chi connectivity index (χ2v) is 0. The molecular weight excluding hydrogens is 575 g/mol. The summed E-state index contributed by atoms with van der Waals surface area (Å²) in [6.07, 6.45) is 0. The van der Waals surface area contributed by atoms with Crippen molar-refractivity contribution < 1.29 is 2.85 Å². The molecule has 0 aromatic heterocycles. The van der Waals surface area contributed by atoms with Gasteiger partial charge in [0.15, 0.2) is 0 Å². The monoisotopic (exact) mass is 579 g/mol. The van der Waals surface area contributed by atoms with E-state index in [1.165, 1.54) is 0 Å². The van der Waals surface area contributed by atoms with E-state index < -0.39 is 0 Å². The molecule has 0 fully saturated rings. The molecule has 0 spiro atoms. The number of hydrogen-bond acceptors (Lipinski definition) is 0. The van der Waals surface area contributed by atoms with Gasteiger partial charge in [0.25, 0.3) is 0 Å². The average Bonchev–Trinajstić information content (AvgIpc) is 0. The van der Waals surface area contributed by atoms with Crippen LogP contribution in [0.1, 0.15) is 2.85 Å². The molecule has 0 aromatic rings. The van der Waals surface area contributed by atoms with Crippen LogP contribution in [0.4, 0.5) is 0 Å². The Labute approximate surface area is 115 Å². The first kappa shape index (κ1) is 24.8. The second kappa shape index (κ2) is 15.8. The Hall–Kier alpha value is 3.86. The zero-order valence-electron chi connectivity index (χ0n) is 4.15. The standard InChI is InChI=1S/Bi.Ca.Pb.Sn.2H/q;+2;;;2*-1. The normalized spacial score (nSPS) is 0. The first-order valence-electron chi connectivity index (χ1n) is 0. The summed E-state index contributed by atoms with van der Waals surface area (Å²) in [6.45, 7) is 0. The summed E-state index contributed by atoms with van der Waals surface area (Å²) in [4.78, 5) is 0. The van der Waals surface area contributed by atoms with Crippen molar-refractivity contribution in [3.8, 4) is 0 Å². The molecule has 0 saturated heterocycles. The summed E-state index contributed by atoms with van der Waals surface area (Å²) >= 11 is 0. The van der Waals surface area contributed by atoms with Gasteiger partial charge in [0, 0.05) is 77.4 Å². The zero-order valence-corrected chi connectivity index (χ0v) is 14.6. The topological polar surface area (TPSA) is 0 Å². The Morgan fingerprint density at radius 2 is 1.25 bits per heavy atom. The Morgan fingerprint density at radius 3 is 1.25 bits per heavy atom. The summed E-state index contributed by atoms with van der Waals surface area (Å²) in [7, 11) is 0. The quantitative estimate of drug-likeness (QED) is 0.315. The van der Waals surface area contributed by atoms with Gasteiger partial charge in [0.1, 0.15) is 0 Å². The molecule has 0 atom stereocenters. The third-order valence-electron chi connectivity index (χ3n) is 0. The predicted octanol–water partition coefficient (Wildman–Crippen LogP) is -1.30. The third-order valence-corrected chi connectivity index (χ3v) is 0. The van der Waals surface area contributed by atoms with Crippen LogP contribution in [0.25, 0.3) is 0 Å². The Kier molecular flexibility index (Phi) is 98.1. The molecule has 0 aliphatic heterocycles. The van der Waals surface area contributed by atoms with Crippen LogP contribution in [0.15, 0.2) is 0 Å². The van der Waals surface area contributed by atoms with E-state index in [4.69, 9.17) is 0 Å². The Bertz CT molecular complexity index is 13.5. The molecule has 0 bridgehead atoms. The van der Waals surface area contributed by atoms with Crippen molar-refractivity contribution in [2.75, 3.05) is 0 Å². The van der Waals surface area contributed by atoms with Crippen molar-refractivity contribution in [2.45, 2.75) is 0 Å². The maximum Gasteiger partial charge on any atom is 2.00 e. The van der Waals surface area contributed by atoms with E-state index in [1.54, 1.807) is 0 Å². The minimum atomic E-state index is 0. The van der Waals surface area contributed by atoms with Gasteiger partial charge in [-0.25, -0.2) is 0 Å². The molecule has 0 heterocycles. The van der Waals surface area contributed by atoms with E-state index in [0.29, 0.717) is 0 Å². The van der Waals surface area contributed by atoms with Crippen LogP contribution in [0.5, 0.6) is 0 Å². The molecule has 4 heteroatoms. The molecule has 0 aliphatic carbocycles. The molecule has 0 N–H and O–H groups in total. The van der Waals surface area contributed by atoms with Crippen molar-refractivity contribution in [3.63, 3.8) is 0 Å². The van der Waals surface area contributed by atoms with E-state index in [-0.39, 0.29) is 118 Å². The molecule has 17 valence electrons. The first-order chi connectivity index (χ1) is 0. The van der Waals surface area contributed by atoms with Gasteiger partial charge in [-0.1, -0.05) is 0 Å². The van der Waals surface area contributed by atoms with Crippen molar-refractivity contribution in [3.05, 3.63) is 0 Å². The fraction of sp³-hybridized carbons (Fsp3) is 0. The molecular formula is H2BiCaPbSn. The summed E-state index contributed by atoms with van der Waals surface area (Å²) in [5.74, 6) is 0. The average molecular weight is 577 g/mol. The van der Waals surface area contributed by atoms with Crippen LogP contribution < -0.4 is 0 Å². The van der Waals surface area contributed by atoms with E-state index in [1.807, 2.05) is 0 Å². The maximum atomic E-state index is 0. The third kappa shape index (κ3) is 9.29.